The molecule has 110 valence electrons. The zero-order valence-electron chi connectivity index (χ0n) is 12.2. The summed E-state index contributed by atoms with van der Waals surface area (Å²) in [5, 5.41) is 9.28. The number of nitrogens with zero attached hydrogens (tertiary/aromatic N) is 1. The van der Waals surface area contributed by atoms with E-state index in [1.807, 2.05) is 19.1 Å². The zero-order valence-corrected chi connectivity index (χ0v) is 12.2. The first-order chi connectivity index (χ1) is 10.1. The van der Waals surface area contributed by atoms with Crippen LogP contribution in [0.1, 0.15) is 28.4 Å². The molecule has 2 rings (SSSR count). The van der Waals surface area contributed by atoms with Crippen LogP contribution in [0.4, 0.5) is 0 Å². The molecule has 0 saturated carbocycles. The van der Waals surface area contributed by atoms with Crippen molar-refractivity contribution in [1.29, 1.82) is 0 Å². The highest BCUT2D eigenvalue weighted by Crippen LogP contribution is 2.33. The summed E-state index contributed by atoms with van der Waals surface area (Å²) in [6.07, 6.45) is 2.39. The highest BCUT2D eigenvalue weighted by molar-refractivity contribution is 5.91. The molecule has 1 aromatic carbocycles. The van der Waals surface area contributed by atoms with E-state index in [9.17, 15) is 9.90 Å². The highest BCUT2D eigenvalue weighted by Gasteiger charge is 2.18. The molecule has 1 N–H and O–H groups in total. The van der Waals surface area contributed by atoms with E-state index in [0.717, 1.165) is 12.0 Å². The summed E-state index contributed by atoms with van der Waals surface area (Å²) >= 11 is 0. The number of ether oxygens (including phenoxy) is 2. The molecule has 0 atom stereocenters. The number of rotatable bonds is 5. The fourth-order valence-corrected chi connectivity index (χ4v) is 1.99. The molecule has 2 aromatic rings. The van der Waals surface area contributed by atoms with Gasteiger partial charge in [-0.15, -0.1) is 0 Å². The molecular weight excluding hydrogens is 270 g/mol. The van der Waals surface area contributed by atoms with Gasteiger partial charge in [-0.25, -0.2) is 9.78 Å². The third kappa shape index (κ3) is 3.13. The van der Waals surface area contributed by atoms with Crippen LogP contribution in [-0.4, -0.2) is 23.2 Å². The Bertz CT molecular complexity index is 667. The molecule has 0 aliphatic carbocycles. The number of benzene rings is 1. The minimum absolute atomic E-state index is 0.0547. The van der Waals surface area contributed by atoms with Crippen LogP contribution in [0.3, 0.4) is 0 Å². The van der Waals surface area contributed by atoms with Crippen LogP contribution in [0.25, 0.3) is 0 Å². The lowest BCUT2D eigenvalue weighted by molar-refractivity contribution is 0.0692. The SMILES string of the molecule is CCc1ccc(Oc2nccc(C)c2C(=O)O)c(OC)c1. The normalized spacial score (nSPS) is 10.2. The summed E-state index contributed by atoms with van der Waals surface area (Å²) in [5.41, 5.74) is 1.76. The van der Waals surface area contributed by atoms with Gasteiger partial charge in [0.25, 0.3) is 0 Å². The number of pyridine rings is 1. The first-order valence-electron chi connectivity index (χ1n) is 6.60. The number of aryl methyl sites for hydroxylation is 2. The Hall–Kier alpha value is -2.56. The molecule has 5 heteroatoms. The molecule has 0 aliphatic rings. The van der Waals surface area contributed by atoms with Crippen LogP contribution in [0, 0.1) is 6.92 Å². The van der Waals surface area contributed by atoms with E-state index in [2.05, 4.69) is 4.98 Å². The number of aromatic nitrogens is 1. The molecule has 0 fully saturated rings. The van der Waals surface area contributed by atoms with E-state index >= 15 is 0 Å². The molecule has 1 aromatic heterocycles. The van der Waals surface area contributed by atoms with E-state index in [4.69, 9.17) is 9.47 Å². The minimum atomic E-state index is -1.07. The molecule has 0 radical (unpaired) electrons. The summed E-state index contributed by atoms with van der Waals surface area (Å²) in [6.45, 7) is 3.75. The van der Waals surface area contributed by atoms with Gasteiger partial charge < -0.3 is 14.6 Å². The largest absolute Gasteiger partial charge is 0.493 e. The van der Waals surface area contributed by atoms with Crippen molar-refractivity contribution in [3.8, 4) is 17.4 Å². The van der Waals surface area contributed by atoms with Crippen LogP contribution in [0.15, 0.2) is 30.5 Å². The number of methoxy groups -OCH3 is 1. The molecule has 0 aliphatic heterocycles. The van der Waals surface area contributed by atoms with Crippen molar-refractivity contribution in [3.05, 3.63) is 47.2 Å². The third-order valence-corrected chi connectivity index (χ3v) is 3.18. The molecule has 1 heterocycles. The zero-order chi connectivity index (χ0) is 15.4. The van der Waals surface area contributed by atoms with Crippen LogP contribution in [0.5, 0.6) is 17.4 Å². The van der Waals surface area contributed by atoms with Crippen LogP contribution in [0.2, 0.25) is 0 Å². The smallest absolute Gasteiger partial charge is 0.341 e. The van der Waals surface area contributed by atoms with Gasteiger partial charge in [0.2, 0.25) is 5.88 Å². The van der Waals surface area contributed by atoms with Crippen LogP contribution < -0.4 is 9.47 Å². The van der Waals surface area contributed by atoms with Gasteiger partial charge in [0.05, 0.1) is 7.11 Å². The lowest BCUT2D eigenvalue weighted by Gasteiger charge is -2.13. The van der Waals surface area contributed by atoms with E-state index in [0.29, 0.717) is 17.1 Å². The van der Waals surface area contributed by atoms with Gasteiger partial charge in [-0.1, -0.05) is 13.0 Å². The van der Waals surface area contributed by atoms with E-state index < -0.39 is 5.97 Å². The fraction of sp³-hybridized carbons (Fsp3) is 0.250. The number of carboxylic acids is 1. The lowest BCUT2D eigenvalue weighted by atomic mass is 10.1. The number of carboxylic acid groups (broad SMARTS) is 1. The van der Waals surface area contributed by atoms with Crippen molar-refractivity contribution in [1.82, 2.24) is 4.98 Å². The Labute approximate surface area is 123 Å². The van der Waals surface area contributed by atoms with E-state index in [1.54, 1.807) is 26.2 Å². The maximum absolute atomic E-state index is 11.3. The van der Waals surface area contributed by atoms with Gasteiger partial charge >= 0.3 is 5.97 Å². The second-order valence-corrected chi connectivity index (χ2v) is 4.55. The molecule has 5 nitrogen and oxygen atoms in total. The summed E-state index contributed by atoms with van der Waals surface area (Å²) in [5.74, 6) is -0.0194. The number of hydrogen-bond acceptors (Lipinski definition) is 4. The number of hydrogen-bond donors (Lipinski definition) is 1. The molecule has 0 unspecified atom stereocenters. The van der Waals surface area contributed by atoms with E-state index in [1.165, 1.54) is 6.20 Å². The summed E-state index contributed by atoms with van der Waals surface area (Å²) < 4.78 is 10.9. The Kier molecular flexibility index (Phi) is 4.42. The highest BCUT2D eigenvalue weighted by atomic mass is 16.5. The summed E-state index contributed by atoms with van der Waals surface area (Å²) in [4.78, 5) is 15.4. The Morgan fingerprint density at radius 3 is 2.67 bits per heavy atom. The average molecular weight is 287 g/mol. The Balaban J connectivity index is 2.43. The van der Waals surface area contributed by atoms with Gasteiger partial charge in [-0.3, -0.25) is 0 Å². The minimum Gasteiger partial charge on any atom is -0.493 e. The van der Waals surface area contributed by atoms with Crippen LogP contribution in [-0.2, 0) is 6.42 Å². The fourth-order valence-electron chi connectivity index (χ4n) is 1.99. The van der Waals surface area contributed by atoms with E-state index in [-0.39, 0.29) is 11.4 Å². The second-order valence-electron chi connectivity index (χ2n) is 4.55. The Morgan fingerprint density at radius 1 is 1.29 bits per heavy atom. The van der Waals surface area contributed by atoms with Gasteiger partial charge in [0, 0.05) is 6.20 Å². The van der Waals surface area contributed by atoms with Crippen molar-refractivity contribution < 1.29 is 19.4 Å². The number of carbonyl (C=O) groups is 1. The standard InChI is InChI=1S/C16H17NO4/c1-4-11-5-6-12(13(9-11)20-3)21-15-14(16(18)19)10(2)7-8-17-15/h5-9H,4H2,1-3H3,(H,18,19). The van der Waals surface area contributed by atoms with Crippen LogP contribution >= 0.6 is 0 Å². The van der Waals surface area contributed by atoms with Crippen molar-refractivity contribution in [2.24, 2.45) is 0 Å². The number of aromatic carboxylic acids is 1. The molecule has 0 spiro atoms. The quantitative estimate of drug-likeness (QED) is 0.912. The van der Waals surface area contributed by atoms with Gasteiger partial charge in [0.1, 0.15) is 5.56 Å². The monoisotopic (exact) mass is 287 g/mol. The molecular formula is C16H17NO4. The third-order valence-electron chi connectivity index (χ3n) is 3.18. The van der Waals surface area contributed by atoms with Crippen molar-refractivity contribution in [2.45, 2.75) is 20.3 Å². The molecule has 0 bridgehead atoms. The van der Waals surface area contributed by atoms with Crippen molar-refractivity contribution >= 4 is 5.97 Å². The maximum Gasteiger partial charge on any atom is 0.341 e. The lowest BCUT2D eigenvalue weighted by Crippen LogP contribution is -2.05. The van der Waals surface area contributed by atoms with Crippen molar-refractivity contribution in [2.75, 3.05) is 7.11 Å². The topological polar surface area (TPSA) is 68.7 Å². The second kappa shape index (κ2) is 6.26. The Morgan fingerprint density at radius 2 is 2.05 bits per heavy atom. The first-order valence-corrected chi connectivity index (χ1v) is 6.60. The predicted molar refractivity (Wildman–Crippen MR) is 78.4 cm³/mol. The summed E-state index contributed by atoms with van der Waals surface area (Å²) in [7, 11) is 1.55. The summed E-state index contributed by atoms with van der Waals surface area (Å²) in [6, 6.07) is 7.17. The maximum atomic E-state index is 11.3. The predicted octanol–water partition coefficient (Wildman–Crippen LogP) is 3.45. The molecule has 21 heavy (non-hydrogen) atoms. The first kappa shape index (κ1) is 14.8. The average Bonchev–Trinajstić information content (AvgIpc) is 2.47. The molecule has 0 saturated heterocycles. The van der Waals surface area contributed by atoms with Crippen molar-refractivity contribution in [3.63, 3.8) is 0 Å². The van der Waals surface area contributed by atoms with Gasteiger partial charge in [-0.05, 0) is 42.7 Å². The van der Waals surface area contributed by atoms with Gasteiger partial charge in [-0.2, -0.15) is 0 Å². The van der Waals surface area contributed by atoms with Gasteiger partial charge in [0.15, 0.2) is 11.5 Å². The molecule has 0 amide bonds.